The zero-order valence-corrected chi connectivity index (χ0v) is 20.2. The molecule has 0 saturated carbocycles. The molecule has 2 aliphatic rings. The molecule has 1 unspecified atom stereocenters. The Morgan fingerprint density at radius 3 is 2.20 bits per heavy atom. The summed E-state index contributed by atoms with van der Waals surface area (Å²) in [5.74, 6) is -1.61. The van der Waals surface area contributed by atoms with Crippen LogP contribution < -0.4 is 5.32 Å². The molecule has 184 valence electrons. The van der Waals surface area contributed by atoms with Crippen molar-refractivity contribution in [2.45, 2.75) is 26.2 Å². The van der Waals surface area contributed by atoms with Crippen molar-refractivity contribution in [3.8, 4) is 11.1 Å². The molecule has 1 fully saturated rings. The van der Waals surface area contributed by atoms with Gasteiger partial charge < -0.3 is 20.1 Å². The van der Waals surface area contributed by atoms with E-state index in [1.807, 2.05) is 38.1 Å². The number of benzene rings is 2. The van der Waals surface area contributed by atoms with Crippen LogP contribution in [0.1, 0.15) is 37.3 Å². The van der Waals surface area contributed by atoms with Gasteiger partial charge in [0.05, 0.1) is 5.92 Å². The summed E-state index contributed by atoms with van der Waals surface area (Å²) in [5.41, 5.74) is 3.63. The van der Waals surface area contributed by atoms with Gasteiger partial charge >= 0.3 is 12.1 Å². The lowest BCUT2D eigenvalue weighted by Gasteiger charge is -2.48. The van der Waals surface area contributed by atoms with Crippen LogP contribution in [0.2, 0.25) is 0 Å². The Kier molecular flexibility index (Phi) is 6.96. The van der Waals surface area contributed by atoms with Crippen LogP contribution in [0.5, 0.6) is 0 Å². The molecule has 0 bridgehead atoms. The number of alkyl carbamates (subject to hydrolysis) is 1. The smallest absolute Gasteiger partial charge is 0.407 e. The molecule has 0 spiro atoms. The van der Waals surface area contributed by atoms with Gasteiger partial charge in [-0.3, -0.25) is 9.59 Å². The Morgan fingerprint density at radius 2 is 1.69 bits per heavy atom. The normalized spacial score (nSPS) is 16.6. The van der Waals surface area contributed by atoms with Crippen LogP contribution in [0, 0.1) is 17.3 Å². The van der Waals surface area contributed by atoms with E-state index in [0.29, 0.717) is 6.42 Å². The number of nitrogens with zero attached hydrogens (tertiary/aromatic N) is 1. The maximum atomic E-state index is 13.1. The number of nitrogens with one attached hydrogen (secondary N) is 1. The third-order valence-corrected chi connectivity index (χ3v) is 7.22. The summed E-state index contributed by atoms with van der Waals surface area (Å²) in [6, 6.07) is 16.3. The van der Waals surface area contributed by atoms with Crippen LogP contribution in [0.3, 0.4) is 0 Å². The molecular formula is C28H32N2O5. The number of fused-ring (bicyclic) bond motifs is 3. The van der Waals surface area contributed by atoms with E-state index in [0.717, 1.165) is 22.3 Å². The molecular weight excluding hydrogens is 444 g/mol. The average Bonchev–Trinajstić information content (AvgIpc) is 3.13. The second-order valence-corrected chi connectivity index (χ2v) is 9.83. The fourth-order valence-electron chi connectivity index (χ4n) is 5.15. The van der Waals surface area contributed by atoms with E-state index in [1.54, 1.807) is 11.0 Å². The van der Waals surface area contributed by atoms with E-state index in [9.17, 15) is 19.5 Å². The fourth-order valence-corrected chi connectivity index (χ4v) is 5.15. The molecule has 1 atom stereocenters. The number of amides is 2. The molecule has 2 aromatic rings. The van der Waals surface area contributed by atoms with Gasteiger partial charge in [-0.25, -0.2) is 4.79 Å². The van der Waals surface area contributed by atoms with Gasteiger partial charge in [-0.1, -0.05) is 68.5 Å². The molecule has 1 aliphatic heterocycles. The standard InChI is InChI=1S/C28H32N2O5/c1-4-13-28(26(32)33)16-30(17-28)25(31)23(18(2)3)14-29-27(34)35-15-24-21-11-7-5-9-19(21)20-10-6-8-12-22(20)24/h4-12,18,23-24H,1,13-17H2,2-3H3,(H,29,34)(H,32,33). The Labute approximate surface area is 205 Å². The molecule has 2 N–H and O–H groups in total. The number of carboxylic acids is 1. The summed E-state index contributed by atoms with van der Waals surface area (Å²) in [6.45, 7) is 8.10. The molecule has 2 amide bonds. The Bertz CT molecular complexity index is 1090. The lowest BCUT2D eigenvalue weighted by atomic mass is 9.76. The SMILES string of the molecule is C=CCC1(C(=O)O)CN(C(=O)C(CNC(=O)OCC2c3ccccc3-c3ccccc32)C(C)C)C1. The topological polar surface area (TPSA) is 95.9 Å². The number of hydrogen-bond donors (Lipinski definition) is 2. The second-order valence-electron chi connectivity index (χ2n) is 9.83. The van der Waals surface area contributed by atoms with E-state index in [4.69, 9.17) is 4.74 Å². The van der Waals surface area contributed by atoms with Gasteiger partial charge in [0.15, 0.2) is 0 Å². The molecule has 7 nitrogen and oxygen atoms in total. The van der Waals surface area contributed by atoms with Crippen molar-refractivity contribution in [3.05, 3.63) is 72.3 Å². The lowest BCUT2D eigenvalue weighted by molar-refractivity contribution is -0.167. The summed E-state index contributed by atoms with van der Waals surface area (Å²) in [5, 5.41) is 12.3. The molecule has 1 heterocycles. The molecule has 35 heavy (non-hydrogen) atoms. The van der Waals surface area contributed by atoms with Crippen molar-refractivity contribution in [1.82, 2.24) is 10.2 Å². The predicted octanol–water partition coefficient (Wildman–Crippen LogP) is 4.29. The van der Waals surface area contributed by atoms with Gasteiger partial charge in [-0.15, -0.1) is 6.58 Å². The van der Waals surface area contributed by atoms with Crippen molar-refractivity contribution < 1.29 is 24.2 Å². The number of carbonyl (C=O) groups excluding carboxylic acids is 2. The first kappa shape index (κ1) is 24.5. The lowest BCUT2D eigenvalue weighted by Crippen LogP contribution is -2.63. The van der Waals surface area contributed by atoms with Gasteiger partial charge in [0.25, 0.3) is 0 Å². The van der Waals surface area contributed by atoms with Gasteiger partial charge in [-0.2, -0.15) is 0 Å². The third kappa shape index (κ3) is 4.67. The van der Waals surface area contributed by atoms with Crippen molar-refractivity contribution in [2.75, 3.05) is 26.2 Å². The van der Waals surface area contributed by atoms with E-state index in [2.05, 4.69) is 36.2 Å². The number of carbonyl (C=O) groups is 3. The van der Waals surface area contributed by atoms with Crippen molar-refractivity contribution in [2.24, 2.45) is 17.3 Å². The van der Waals surface area contributed by atoms with E-state index < -0.39 is 23.4 Å². The maximum Gasteiger partial charge on any atom is 0.407 e. The minimum atomic E-state index is -0.959. The van der Waals surface area contributed by atoms with Crippen molar-refractivity contribution in [3.63, 3.8) is 0 Å². The minimum Gasteiger partial charge on any atom is -0.481 e. The first-order valence-electron chi connectivity index (χ1n) is 12.0. The van der Waals surface area contributed by atoms with Gasteiger partial charge in [0, 0.05) is 25.6 Å². The molecule has 2 aromatic carbocycles. The highest BCUT2D eigenvalue weighted by Crippen LogP contribution is 2.44. The highest BCUT2D eigenvalue weighted by atomic mass is 16.5. The largest absolute Gasteiger partial charge is 0.481 e. The highest BCUT2D eigenvalue weighted by Gasteiger charge is 2.51. The summed E-state index contributed by atoms with van der Waals surface area (Å²) in [4.78, 5) is 38.8. The summed E-state index contributed by atoms with van der Waals surface area (Å²) < 4.78 is 5.58. The Balaban J connectivity index is 1.33. The van der Waals surface area contributed by atoms with E-state index >= 15 is 0 Å². The molecule has 1 aliphatic carbocycles. The zero-order valence-electron chi connectivity index (χ0n) is 20.2. The van der Waals surface area contributed by atoms with Gasteiger partial charge in [-0.05, 0) is 34.6 Å². The third-order valence-electron chi connectivity index (χ3n) is 7.22. The van der Waals surface area contributed by atoms with Gasteiger partial charge in [0.1, 0.15) is 12.0 Å². The predicted molar refractivity (Wildman–Crippen MR) is 133 cm³/mol. The number of hydrogen-bond acceptors (Lipinski definition) is 4. The Hall–Kier alpha value is -3.61. The second kappa shape index (κ2) is 9.94. The molecule has 0 radical (unpaired) electrons. The van der Waals surface area contributed by atoms with Crippen LogP contribution in [0.4, 0.5) is 4.79 Å². The van der Waals surface area contributed by atoms with Crippen LogP contribution in [-0.4, -0.2) is 54.2 Å². The number of rotatable bonds is 9. The zero-order chi connectivity index (χ0) is 25.2. The number of likely N-dealkylation sites (tertiary alicyclic amines) is 1. The summed E-state index contributed by atoms with van der Waals surface area (Å²) in [7, 11) is 0. The summed E-state index contributed by atoms with van der Waals surface area (Å²) >= 11 is 0. The first-order valence-corrected chi connectivity index (χ1v) is 12.0. The van der Waals surface area contributed by atoms with E-state index in [-0.39, 0.29) is 44.0 Å². The van der Waals surface area contributed by atoms with Gasteiger partial charge in [0.2, 0.25) is 5.91 Å². The quantitative estimate of drug-likeness (QED) is 0.527. The molecule has 0 aromatic heterocycles. The van der Waals surface area contributed by atoms with Crippen LogP contribution in [0.15, 0.2) is 61.2 Å². The maximum absolute atomic E-state index is 13.1. The van der Waals surface area contributed by atoms with Crippen LogP contribution >= 0.6 is 0 Å². The number of ether oxygens (including phenoxy) is 1. The average molecular weight is 477 g/mol. The molecule has 7 heteroatoms. The Morgan fingerprint density at radius 1 is 1.11 bits per heavy atom. The highest BCUT2D eigenvalue weighted by molar-refractivity contribution is 5.85. The molecule has 4 rings (SSSR count). The van der Waals surface area contributed by atoms with Crippen molar-refractivity contribution in [1.29, 1.82) is 0 Å². The number of carboxylic acid groups (broad SMARTS) is 1. The van der Waals surface area contributed by atoms with Crippen LogP contribution in [-0.2, 0) is 14.3 Å². The fraction of sp³-hybridized carbons (Fsp3) is 0.393. The number of aliphatic carboxylic acids is 1. The van der Waals surface area contributed by atoms with Crippen LogP contribution in [0.25, 0.3) is 11.1 Å². The minimum absolute atomic E-state index is 0.0318. The monoisotopic (exact) mass is 476 g/mol. The number of allylic oxidation sites excluding steroid dienone is 1. The first-order chi connectivity index (χ1) is 16.8. The van der Waals surface area contributed by atoms with E-state index in [1.165, 1.54) is 0 Å². The molecule has 1 saturated heterocycles. The van der Waals surface area contributed by atoms with Crippen molar-refractivity contribution >= 4 is 18.0 Å². The summed E-state index contributed by atoms with van der Waals surface area (Å²) in [6.07, 6.45) is 1.32.